The summed E-state index contributed by atoms with van der Waals surface area (Å²) in [5.74, 6) is 2.92. The quantitative estimate of drug-likeness (QED) is 0.0483. The van der Waals surface area contributed by atoms with Crippen LogP contribution in [0.4, 0.5) is 0 Å². The van der Waals surface area contributed by atoms with Gasteiger partial charge in [0.05, 0.1) is 60.6 Å². The molecule has 0 unspecified atom stereocenters. The summed E-state index contributed by atoms with van der Waals surface area (Å²) in [6.07, 6.45) is 12.0. The molecule has 0 saturated carbocycles. The molecule has 2 fully saturated rings. The van der Waals surface area contributed by atoms with Gasteiger partial charge in [0, 0.05) is 76.1 Å². The number of likely N-dealkylation sites (tertiary alicyclic amines) is 2. The Morgan fingerprint density at radius 2 is 1.05 bits per heavy atom. The second kappa shape index (κ2) is 27.5. The normalized spacial score (nSPS) is 14.4. The number of rotatable bonds is 26. The summed E-state index contributed by atoms with van der Waals surface area (Å²) in [4.78, 5) is 83.2. The number of aromatic nitrogens is 4. The largest absolute Gasteiger partial charge is 0.480 e. The molecular weight excluding hydrogens is 989 g/mol. The zero-order chi connectivity index (χ0) is 55.0. The van der Waals surface area contributed by atoms with Crippen molar-refractivity contribution >= 4 is 51.1 Å². The lowest BCUT2D eigenvalue weighted by atomic mass is 9.97. The van der Waals surface area contributed by atoms with E-state index >= 15 is 0 Å². The Labute approximate surface area is 455 Å². The summed E-state index contributed by atoms with van der Waals surface area (Å²) < 4.78 is 23.5. The van der Waals surface area contributed by atoms with Crippen molar-refractivity contribution in [1.29, 1.82) is 0 Å². The summed E-state index contributed by atoms with van der Waals surface area (Å²) in [6, 6.07) is 29.1. The fourth-order valence-corrected chi connectivity index (χ4v) is 9.76. The van der Waals surface area contributed by atoms with E-state index in [0.29, 0.717) is 97.8 Å². The molecule has 2 atom stereocenters. The van der Waals surface area contributed by atoms with E-state index < -0.39 is 6.04 Å². The van der Waals surface area contributed by atoms with Gasteiger partial charge in [-0.05, 0) is 55.5 Å². The lowest BCUT2D eigenvalue weighted by Crippen LogP contribution is -2.55. The fraction of sp³-hybridized carbons (Fsp3) is 0.426. The van der Waals surface area contributed by atoms with Crippen molar-refractivity contribution in [3.05, 3.63) is 121 Å². The fourth-order valence-electron chi connectivity index (χ4n) is 9.76. The van der Waals surface area contributed by atoms with Crippen LogP contribution in [-0.4, -0.2) is 99.4 Å². The minimum atomic E-state index is -0.422. The van der Waals surface area contributed by atoms with Crippen LogP contribution in [0.1, 0.15) is 127 Å². The van der Waals surface area contributed by atoms with Gasteiger partial charge in [0.25, 0.3) is 0 Å². The van der Waals surface area contributed by atoms with Crippen LogP contribution in [0.5, 0.6) is 11.8 Å². The van der Waals surface area contributed by atoms with Gasteiger partial charge in [-0.15, -0.1) is 0 Å². The van der Waals surface area contributed by atoms with Gasteiger partial charge in [0.2, 0.25) is 41.3 Å². The Kier molecular flexibility index (Phi) is 19.9. The molecule has 2 N–H and O–H groups in total. The van der Waals surface area contributed by atoms with Crippen LogP contribution in [0.25, 0.3) is 44.5 Å². The molecular formula is C61H72N8O9. The number of pyridine rings is 2. The van der Waals surface area contributed by atoms with E-state index in [9.17, 15) is 24.0 Å². The predicted molar refractivity (Wildman–Crippen MR) is 297 cm³/mol. The Hall–Kier alpha value is -7.79. The Morgan fingerprint density at radius 1 is 0.603 bits per heavy atom. The van der Waals surface area contributed by atoms with Gasteiger partial charge >= 0.3 is 0 Å². The number of fused-ring (bicyclic) bond motifs is 2. The van der Waals surface area contributed by atoms with Crippen molar-refractivity contribution in [2.75, 3.05) is 40.4 Å². The molecule has 410 valence electrons. The van der Waals surface area contributed by atoms with Crippen molar-refractivity contribution in [3.8, 4) is 34.4 Å². The summed E-state index contributed by atoms with van der Waals surface area (Å²) in [5.41, 5.74) is 4.29. The highest BCUT2D eigenvalue weighted by Gasteiger charge is 2.37. The Morgan fingerprint density at radius 3 is 1.50 bits per heavy atom. The van der Waals surface area contributed by atoms with Crippen LogP contribution in [0, 0.1) is 11.8 Å². The zero-order valence-electron chi connectivity index (χ0n) is 45.5. The van der Waals surface area contributed by atoms with Gasteiger partial charge in [-0.25, -0.2) is 19.9 Å². The van der Waals surface area contributed by atoms with Crippen LogP contribution in [0.2, 0.25) is 0 Å². The summed E-state index contributed by atoms with van der Waals surface area (Å²) >= 11 is 0. The summed E-state index contributed by atoms with van der Waals surface area (Å²) in [6.45, 7) is 8.41. The predicted octanol–water partition coefficient (Wildman–Crippen LogP) is 10.6. The number of para-hydroxylation sites is 2. The van der Waals surface area contributed by atoms with Crippen LogP contribution in [-0.2, 0) is 30.5 Å². The third kappa shape index (κ3) is 14.8. The lowest BCUT2D eigenvalue weighted by molar-refractivity contribution is -0.141. The average molecular weight is 1060 g/mol. The van der Waals surface area contributed by atoms with Crippen LogP contribution < -0.4 is 20.1 Å². The van der Waals surface area contributed by atoms with Gasteiger partial charge in [-0.1, -0.05) is 106 Å². The van der Waals surface area contributed by atoms with E-state index in [1.165, 1.54) is 12.5 Å². The molecule has 0 bridgehead atoms. The van der Waals surface area contributed by atoms with E-state index in [0.717, 1.165) is 80.0 Å². The summed E-state index contributed by atoms with van der Waals surface area (Å²) in [5, 5.41) is 8.22. The van der Waals surface area contributed by atoms with E-state index in [1.54, 1.807) is 31.5 Å². The highest BCUT2D eigenvalue weighted by Crippen LogP contribution is 2.36. The number of amides is 3. The smallest absolute Gasteiger partial charge is 0.227 e. The number of nitrogens with one attached hydrogen (secondary N) is 2. The Bertz CT molecular complexity index is 3140. The van der Waals surface area contributed by atoms with Gasteiger partial charge < -0.3 is 33.8 Å². The molecule has 3 aromatic carbocycles. The highest BCUT2D eigenvalue weighted by atomic mass is 16.5. The number of nitrogens with zero attached hydrogens (tertiary/aromatic N) is 6. The molecule has 17 heteroatoms. The van der Waals surface area contributed by atoms with E-state index in [2.05, 4.69) is 47.6 Å². The Balaban J connectivity index is 0.000000207. The van der Waals surface area contributed by atoms with Crippen molar-refractivity contribution in [1.82, 2.24) is 40.4 Å². The number of hydrogen-bond acceptors (Lipinski definition) is 14. The number of hydrogen-bond donors (Lipinski definition) is 2. The second-order valence-electron chi connectivity index (χ2n) is 20.2. The van der Waals surface area contributed by atoms with E-state index in [4.69, 9.17) is 18.3 Å². The number of methoxy groups -OCH3 is 2. The third-order valence-electron chi connectivity index (χ3n) is 14.5. The highest BCUT2D eigenvalue weighted by molar-refractivity contribution is 5.87. The molecule has 0 radical (unpaired) electrons. The molecule has 7 aromatic rings. The molecule has 3 amide bonds. The third-order valence-corrected chi connectivity index (χ3v) is 14.5. The van der Waals surface area contributed by atoms with Crippen LogP contribution >= 0.6 is 0 Å². The van der Waals surface area contributed by atoms with Crippen molar-refractivity contribution in [3.63, 3.8) is 0 Å². The number of Topliss-reactive ketones (excluding diaryl/α,β-unsaturated/α-hetero) is 2. The van der Waals surface area contributed by atoms with Crippen molar-refractivity contribution < 1.29 is 42.3 Å². The first-order valence-electron chi connectivity index (χ1n) is 27.4. The molecule has 6 heterocycles. The molecule has 0 aliphatic carbocycles. The first-order valence-corrected chi connectivity index (χ1v) is 27.4. The van der Waals surface area contributed by atoms with Gasteiger partial charge in [0.15, 0.2) is 11.5 Å². The number of ether oxygens (including phenoxy) is 2. The number of unbranched alkanes of at least 4 members (excludes halogenated alkanes) is 4. The molecule has 2 aliphatic rings. The molecule has 0 spiro atoms. The van der Waals surface area contributed by atoms with Gasteiger partial charge in [0.1, 0.15) is 23.7 Å². The van der Waals surface area contributed by atoms with Gasteiger partial charge in [-0.3, -0.25) is 28.9 Å². The van der Waals surface area contributed by atoms with Crippen molar-refractivity contribution in [2.45, 2.75) is 116 Å². The number of carbonyl (C=O) groups excluding carboxylic acids is 5. The maximum Gasteiger partial charge on any atom is 0.227 e. The van der Waals surface area contributed by atoms with Crippen molar-refractivity contribution in [2.24, 2.45) is 11.8 Å². The second-order valence-corrected chi connectivity index (χ2v) is 20.2. The lowest BCUT2D eigenvalue weighted by Gasteiger charge is -2.38. The topological polar surface area (TPSA) is 212 Å². The van der Waals surface area contributed by atoms with E-state index in [1.807, 2.05) is 92.7 Å². The number of carbonyl (C=O) groups is 5. The summed E-state index contributed by atoms with van der Waals surface area (Å²) in [7, 11) is 3.15. The van der Waals surface area contributed by atoms with Crippen LogP contribution in [0.3, 0.4) is 0 Å². The standard InChI is InChI=1S/C33H38N4O4.C28H34N4O5/c1-3-26(38)15-8-5-9-17-29(35-31(39)25-21-37(22-25)20-23-12-6-4-7-13-23)33-34-19-30(41-33)27-18-24-14-10-11-16-28(24)36-32(27)40-2;1-4-21(34)11-6-5-7-13-24(30-26(35)20-16-32(17-20)18(2)33)28-29-15-25(37-28)22-14-19-10-8-9-12-23(19)31-27(22)36-3/h4,6-7,10-14,16,18-19,25,29H,3,5,8-9,15,17,20-22H2,1-2H3,(H,35,39);8-10,12,14-15,20,24H,4-7,11,13,16-17H2,1-3H3,(H,30,35)/t29-;24-/m00/s1. The minimum Gasteiger partial charge on any atom is -0.480 e. The minimum absolute atomic E-state index is 0.0187. The SMILES string of the molecule is CCC(=O)CCCCC[C@H](NC(=O)C1CN(C(C)=O)C1)c1ncc(-c2cc3ccccc3nc2OC)o1.CCC(=O)CCCCC[C@H](NC(=O)C1CN(Cc2ccccc2)C1)c1ncc(-c2cc3ccccc3nc2OC)o1. The van der Waals surface area contributed by atoms with Gasteiger partial charge in [-0.2, -0.15) is 0 Å². The number of benzene rings is 3. The maximum atomic E-state index is 13.3. The zero-order valence-corrected chi connectivity index (χ0v) is 45.5. The molecule has 17 nitrogen and oxygen atoms in total. The average Bonchev–Trinajstić information content (AvgIpc) is 4.19. The number of ketones is 2. The van der Waals surface area contributed by atoms with E-state index in [-0.39, 0.29) is 47.2 Å². The van der Waals surface area contributed by atoms with Crippen LogP contribution in [0.15, 0.2) is 112 Å². The molecule has 78 heavy (non-hydrogen) atoms. The monoisotopic (exact) mass is 1060 g/mol. The molecule has 9 rings (SSSR count). The first kappa shape index (κ1) is 56.4. The molecule has 4 aromatic heterocycles. The first-order chi connectivity index (χ1) is 37.9. The molecule has 2 saturated heterocycles. The maximum absolute atomic E-state index is 13.3. The molecule has 2 aliphatic heterocycles. The number of oxazole rings is 2.